The average molecular weight is 519 g/mol. The predicted octanol–water partition coefficient (Wildman–Crippen LogP) is 3.50. The number of amides is 1. The van der Waals surface area contributed by atoms with Crippen molar-refractivity contribution < 1.29 is 28.2 Å². The number of nitrogens with zero attached hydrogens (tertiary/aromatic N) is 6. The van der Waals surface area contributed by atoms with Gasteiger partial charge in [-0.05, 0) is 36.8 Å². The maximum Gasteiger partial charge on any atom is 0.410 e. The molecule has 0 spiro atoms. The van der Waals surface area contributed by atoms with Crippen LogP contribution in [0.25, 0.3) is 11.4 Å². The van der Waals surface area contributed by atoms with E-state index in [1.807, 2.05) is 6.92 Å². The zero-order valence-corrected chi connectivity index (χ0v) is 21.1. The van der Waals surface area contributed by atoms with Gasteiger partial charge in [0.15, 0.2) is 0 Å². The summed E-state index contributed by atoms with van der Waals surface area (Å²) in [7, 11) is 1.75. The molecule has 0 unspecified atom stereocenters. The number of aryl methyl sites for hydroxylation is 2. The highest BCUT2D eigenvalue weighted by molar-refractivity contribution is 5.71. The Hall–Kier alpha value is -3.31. The van der Waals surface area contributed by atoms with Crippen molar-refractivity contribution >= 4 is 17.7 Å². The second-order valence-electron chi connectivity index (χ2n) is 10.5. The molecule has 5 rings (SSSR count). The standard InChI is InChI=1S/C25H32F2N6O4/c1-3-18-20(33-11-16(9-22(34)35)10-25(26,27)14-33)7-6-19(28-18)23-21(31(2)30-29-23)13-32-12-17(37-24(32)36)8-15-4-5-15/h6-7,15-17H,3-5,8-14H2,1-2H3,(H,34,35)/t16-,17+/m1/s1. The zero-order chi connectivity index (χ0) is 26.3. The van der Waals surface area contributed by atoms with Gasteiger partial charge < -0.3 is 14.7 Å². The van der Waals surface area contributed by atoms with E-state index in [9.17, 15) is 18.4 Å². The van der Waals surface area contributed by atoms with Gasteiger partial charge in [0, 0.05) is 20.0 Å². The number of ether oxygens (including phenoxy) is 1. The van der Waals surface area contributed by atoms with Gasteiger partial charge in [-0.15, -0.1) is 5.10 Å². The lowest BCUT2D eigenvalue weighted by atomic mass is 9.91. The number of alkyl halides is 2. The molecule has 2 aromatic heterocycles. The molecule has 3 aliphatic rings. The quantitative estimate of drug-likeness (QED) is 0.537. The molecule has 10 nitrogen and oxygen atoms in total. The van der Waals surface area contributed by atoms with E-state index in [0.717, 1.165) is 6.42 Å². The van der Waals surface area contributed by atoms with E-state index in [4.69, 9.17) is 14.8 Å². The smallest absolute Gasteiger partial charge is 0.410 e. The third kappa shape index (κ3) is 5.67. The molecule has 0 bridgehead atoms. The summed E-state index contributed by atoms with van der Waals surface area (Å²) in [6, 6.07) is 3.47. The van der Waals surface area contributed by atoms with Crippen molar-refractivity contribution in [3.05, 3.63) is 23.5 Å². The number of rotatable bonds is 9. The highest BCUT2D eigenvalue weighted by Gasteiger charge is 2.42. The van der Waals surface area contributed by atoms with E-state index in [1.54, 1.807) is 33.7 Å². The normalized spacial score (nSPS) is 23.4. The van der Waals surface area contributed by atoms with Crippen LogP contribution in [-0.2, 0) is 29.5 Å². The van der Waals surface area contributed by atoms with E-state index in [-0.39, 0.29) is 31.7 Å². The topological polar surface area (TPSA) is 114 Å². The van der Waals surface area contributed by atoms with Gasteiger partial charge in [-0.3, -0.25) is 9.69 Å². The van der Waals surface area contributed by atoms with Crippen molar-refractivity contribution in [1.29, 1.82) is 0 Å². The first-order valence-electron chi connectivity index (χ1n) is 12.8. The Morgan fingerprint density at radius 3 is 2.73 bits per heavy atom. The molecule has 4 heterocycles. The van der Waals surface area contributed by atoms with Gasteiger partial charge in [0.25, 0.3) is 5.92 Å². The first-order valence-corrected chi connectivity index (χ1v) is 12.8. The van der Waals surface area contributed by atoms with E-state index < -0.39 is 30.8 Å². The molecule has 2 saturated heterocycles. The zero-order valence-electron chi connectivity index (χ0n) is 21.1. The van der Waals surface area contributed by atoms with Crippen molar-refractivity contribution in [2.75, 3.05) is 24.5 Å². The Balaban J connectivity index is 1.37. The minimum atomic E-state index is -2.98. The molecule has 2 aromatic rings. The Morgan fingerprint density at radius 1 is 1.24 bits per heavy atom. The fourth-order valence-electron chi connectivity index (χ4n) is 5.43. The van der Waals surface area contributed by atoms with Crippen molar-refractivity contribution in [2.24, 2.45) is 18.9 Å². The molecule has 37 heavy (non-hydrogen) atoms. The Morgan fingerprint density at radius 2 is 2.03 bits per heavy atom. The lowest BCUT2D eigenvalue weighted by Gasteiger charge is -2.39. The summed E-state index contributed by atoms with van der Waals surface area (Å²) in [6.45, 7) is 2.44. The number of aromatic nitrogens is 4. The maximum atomic E-state index is 14.5. The molecule has 0 radical (unpaired) electrons. The van der Waals surface area contributed by atoms with Crippen molar-refractivity contribution in [2.45, 2.75) is 64.0 Å². The van der Waals surface area contributed by atoms with Crippen LogP contribution in [0.2, 0.25) is 0 Å². The van der Waals surface area contributed by atoms with Gasteiger partial charge >= 0.3 is 12.1 Å². The number of aliphatic carboxylic acids is 1. The molecule has 1 N–H and O–H groups in total. The highest BCUT2D eigenvalue weighted by Crippen LogP contribution is 2.37. The van der Waals surface area contributed by atoms with E-state index >= 15 is 0 Å². The summed E-state index contributed by atoms with van der Waals surface area (Å²) >= 11 is 0. The minimum absolute atomic E-state index is 0.0960. The molecule has 0 aromatic carbocycles. The number of carboxylic acids is 1. The number of carboxylic acid groups (broad SMARTS) is 1. The van der Waals surface area contributed by atoms with E-state index in [2.05, 4.69) is 10.3 Å². The van der Waals surface area contributed by atoms with E-state index in [0.29, 0.717) is 47.3 Å². The van der Waals surface area contributed by atoms with Gasteiger partial charge in [0.2, 0.25) is 0 Å². The number of hydrogen-bond donors (Lipinski definition) is 1. The number of carbonyl (C=O) groups excluding carboxylic acids is 1. The Kier molecular flexibility index (Phi) is 6.76. The molecule has 1 amide bonds. The summed E-state index contributed by atoms with van der Waals surface area (Å²) in [6.07, 6.45) is 2.59. The number of hydrogen-bond acceptors (Lipinski definition) is 7. The minimum Gasteiger partial charge on any atom is -0.481 e. The van der Waals surface area contributed by atoms with Crippen LogP contribution < -0.4 is 4.90 Å². The van der Waals surface area contributed by atoms with Gasteiger partial charge in [-0.25, -0.2) is 23.2 Å². The van der Waals surface area contributed by atoms with Gasteiger partial charge in [-0.2, -0.15) is 0 Å². The average Bonchev–Trinajstić information content (AvgIpc) is 3.47. The van der Waals surface area contributed by atoms with Crippen molar-refractivity contribution in [1.82, 2.24) is 24.9 Å². The first kappa shape index (κ1) is 25.3. The maximum absolute atomic E-state index is 14.5. The van der Waals surface area contributed by atoms with Crippen LogP contribution in [0.15, 0.2) is 12.1 Å². The second kappa shape index (κ2) is 9.86. The van der Waals surface area contributed by atoms with Gasteiger partial charge in [0.05, 0.1) is 48.8 Å². The molecule has 200 valence electrons. The molecule has 2 atom stereocenters. The molecule has 3 fully saturated rings. The van der Waals surface area contributed by atoms with Crippen LogP contribution in [-0.4, -0.2) is 73.7 Å². The monoisotopic (exact) mass is 518 g/mol. The van der Waals surface area contributed by atoms with Crippen LogP contribution in [0, 0.1) is 11.8 Å². The molecular formula is C25H32F2N6O4. The largest absolute Gasteiger partial charge is 0.481 e. The summed E-state index contributed by atoms with van der Waals surface area (Å²) in [5.41, 5.74) is 2.95. The lowest BCUT2D eigenvalue weighted by Crippen LogP contribution is -2.48. The SMILES string of the molecule is CCc1nc(-c2nnn(C)c2CN2C[C@H](CC3CC3)OC2=O)ccc1N1C[C@H](CC(=O)O)CC(F)(F)C1. The fourth-order valence-corrected chi connectivity index (χ4v) is 5.43. The summed E-state index contributed by atoms with van der Waals surface area (Å²) in [5.74, 6) is -4.06. The predicted molar refractivity (Wildman–Crippen MR) is 129 cm³/mol. The van der Waals surface area contributed by atoms with Gasteiger partial charge in [0.1, 0.15) is 11.8 Å². The van der Waals surface area contributed by atoms with Crippen molar-refractivity contribution in [3.63, 3.8) is 0 Å². The van der Waals surface area contributed by atoms with Gasteiger partial charge in [-0.1, -0.05) is 25.0 Å². The summed E-state index contributed by atoms with van der Waals surface area (Å²) < 4.78 is 36.1. The first-order chi connectivity index (χ1) is 17.6. The fraction of sp³-hybridized carbons (Fsp3) is 0.640. The lowest BCUT2D eigenvalue weighted by molar-refractivity contribution is -0.139. The number of anilines is 1. The number of cyclic esters (lactones) is 1. The molecule has 12 heteroatoms. The third-order valence-electron chi connectivity index (χ3n) is 7.35. The van der Waals surface area contributed by atoms with Crippen LogP contribution >= 0.6 is 0 Å². The Labute approximate surface area is 213 Å². The molecule has 2 aliphatic heterocycles. The number of piperidine rings is 1. The number of halogens is 2. The number of pyridine rings is 1. The highest BCUT2D eigenvalue weighted by atomic mass is 19.3. The molecule has 1 aliphatic carbocycles. The van der Waals surface area contributed by atoms with Crippen molar-refractivity contribution in [3.8, 4) is 11.4 Å². The summed E-state index contributed by atoms with van der Waals surface area (Å²) in [5, 5.41) is 17.6. The second-order valence-corrected chi connectivity index (χ2v) is 10.5. The molecule has 1 saturated carbocycles. The van der Waals surface area contributed by atoms with Crippen LogP contribution in [0.4, 0.5) is 19.3 Å². The Bertz CT molecular complexity index is 1180. The number of carbonyl (C=O) groups is 2. The summed E-state index contributed by atoms with van der Waals surface area (Å²) in [4.78, 5) is 31.6. The third-order valence-corrected chi connectivity index (χ3v) is 7.35. The molecular weight excluding hydrogens is 486 g/mol. The van der Waals surface area contributed by atoms with Crippen LogP contribution in [0.1, 0.15) is 50.4 Å². The van der Waals surface area contributed by atoms with E-state index in [1.165, 1.54) is 12.8 Å². The van der Waals surface area contributed by atoms with Crippen LogP contribution in [0.3, 0.4) is 0 Å². The van der Waals surface area contributed by atoms with Crippen LogP contribution in [0.5, 0.6) is 0 Å².